The Morgan fingerprint density at radius 3 is 1.07 bits per heavy atom. The molecule has 0 unspecified atom stereocenters. The number of halogens is 2. The first-order chi connectivity index (χ1) is 28.4. The minimum Gasteiger partial charge on any atom is -0.456 e. The molecule has 4 aromatic heterocycles. The highest BCUT2D eigenvalue weighted by Crippen LogP contribution is 2.53. The molecule has 14 rings (SSSR count). The molecule has 0 bridgehead atoms. The maximum absolute atomic E-state index is 13.5. The lowest BCUT2D eigenvalue weighted by Crippen LogP contribution is -1.95. The zero-order chi connectivity index (χ0) is 38.6. The van der Waals surface area contributed by atoms with Gasteiger partial charge in [-0.1, -0.05) is 72.8 Å². The van der Waals surface area contributed by atoms with Crippen LogP contribution in [0.3, 0.4) is 0 Å². The highest BCUT2D eigenvalue weighted by molar-refractivity contribution is 9.11. The van der Waals surface area contributed by atoms with Gasteiger partial charge in [-0.25, -0.2) is 0 Å². The summed E-state index contributed by atoms with van der Waals surface area (Å²) in [5, 5.41) is 7.95. The predicted molar refractivity (Wildman–Crippen MR) is 235 cm³/mol. The van der Waals surface area contributed by atoms with E-state index in [-0.39, 0.29) is 11.6 Å². The Balaban J connectivity index is 0.000000121. The first-order valence-corrected chi connectivity index (χ1v) is 20.3. The number of hydrogen-bond acceptors (Lipinski definition) is 6. The third-order valence-corrected chi connectivity index (χ3v) is 12.9. The molecule has 8 heteroatoms. The van der Waals surface area contributed by atoms with Crippen molar-refractivity contribution >= 4 is 131 Å². The Hall–Kier alpha value is -6.74. The van der Waals surface area contributed by atoms with E-state index in [2.05, 4.69) is 44.0 Å². The highest BCUT2D eigenvalue weighted by Gasteiger charge is 2.36. The SMILES string of the molecule is O=C1c2cc(Br)c3oc4ccccc4c3c2-c2c1cc(Br)c1oc3ccccc3c21.O=C1c2ccc3oc4ccccc4c3c2-c2c1ccc1oc3ccccc3c21. The van der Waals surface area contributed by atoms with Crippen LogP contribution in [0.5, 0.6) is 0 Å². The van der Waals surface area contributed by atoms with Crippen molar-refractivity contribution < 1.29 is 27.3 Å². The van der Waals surface area contributed by atoms with E-state index in [1.807, 2.05) is 121 Å². The molecule has 0 N–H and O–H groups in total. The van der Waals surface area contributed by atoms with Gasteiger partial charge in [-0.15, -0.1) is 0 Å². The summed E-state index contributed by atoms with van der Waals surface area (Å²) >= 11 is 7.25. The molecule has 6 nitrogen and oxygen atoms in total. The van der Waals surface area contributed by atoms with Gasteiger partial charge in [0.25, 0.3) is 0 Å². The molecule has 4 heterocycles. The normalized spacial score (nSPS) is 13.1. The van der Waals surface area contributed by atoms with Gasteiger partial charge in [-0.05, 0) is 92.5 Å². The minimum atomic E-state index is 0.0146. The largest absolute Gasteiger partial charge is 0.456 e. The van der Waals surface area contributed by atoms with Gasteiger partial charge in [0, 0.05) is 87.6 Å². The van der Waals surface area contributed by atoms with Crippen molar-refractivity contribution in [1.29, 1.82) is 0 Å². The number of furan rings is 4. The van der Waals surface area contributed by atoms with Gasteiger partial charge in [0.2, 0.25) is 0 Å². The Kier molecular flexibility index (Phi) is 6.38. The molecule has 2 aliphatic carbocycles. The maximum atomic E-state index is 13.5. The van der Waals surface area contributed by atoms with Gasteiger partial charge in [0.15, 0.2) is 11.6 Å². The summed E-state index contributed by atoms with van der Waals surface area (Å²) in [5.74, 6) is 0.0742. The zero-order valence-electron chi connectivity index (χ0n) is 29.9. The zero-order valence-corrected chi connectivity index (χ0v) is 33.1. The third kappa shape index (κ3) is 4.10. The summed E-state index contributed by atoms with van der Waals surface area (Å²) in [6, 6.07) is 43.2. The van der Waals surface area contributed by atoms with E-state index in [9.17, 15) is 9.59 Å². The van der Waals surface area contributed by atoms with Crippen molar-refractivity contribution in [2.24, 2.45) is 0 Å². The van der Waals surface area contributed by atoms with Crippen LogP contribution in [0, 0.1) is 0 Å². The summed E-state index contributed by atoms with van der Waals surface area (Å²) in [7, 11) is 0. The number of hydrogen-bond donors (Lipinski definition) is 0. The van der Waals surface area contributed by atoms with Crippen LogP contribution >= 0.6 is 31.9 Å². The number of carbonyl (C=O) groups excluding carboxylic acids is 2. The summed E-state index contributed by atoms with van der Waals surface area (Å²) in [5.41, 5.74) is 12.9. The molecule has 0 aliphatic heterocycles. The standard InChI is InChI=1S/C25H10Br2O3.C25H12O3/c26-15-9-13-19(21-11-5-1-3-7-17(11)29-24(15)21)20-14(23(13)28)10-16(27)25-22(20)12-6-2-4-8-18(12)30-25;26-25-15-9-11-19-21(13-5-1-3-7-17(13)27-19)23(15)24-16(25)10-12-20-22(24)14-6-2-4-8-18(14)28-20/h1-10H;1-12H. The molecular formula is C50H22Br2O6. The van der Waals surface area contributed by atoms with E-state index in [1.165, 1.54) is 0 Å². The van der Waals surface area contributed by atoms with E-state index in [1.54, 1.807) is 0 Å². The highest BCUT2D eigenvalue weighted by atomic mass is 79.9. The second kappa shape index (κ2) is 11.4. The number of rotatable bonds is 0. The number of ketones is 2. The molecule has 0 amide bonds. The van der Waals surface area contributed by atoms with Crippen LogP contribution in [0.15, 0.2) is 160 Å². The van der Waals surface area contributed by atoms with Crippen LogP contribution < -0.4 is 0 Å². The van der Waals surface area contributed by atoms with E-state index in [0.717, 1.165) is 130 Å². The number of carbonyl (C=O) groups is 2. The number of benzene rings is 8. The average Bonchev–Trinajstić information content (AvgIpc) is 4.09. The molecule has 58 heavy (non-hydrogen) atoms. The third-order valence-electron chi connectivity index (χ3n) is 11.8. The summed E-state index contributed by atoms with van der Waals surface area (Å²) < 4.78 is 26.1. The second-order valence-electron chi connectivity index (χ2n) is 14.7. The van der Waals surface area contributed by atoms with Crippen molar-refractivity contribution in [3.05, 3.63) is 165 Å². The van der Waals surface area contributed by atoms with Crippen molar-refractivity contribution in [3.63, 3.8) is 0 Å². The smallest absolute Gasteiger partial charge is 0.194 e. The van der Waals surface area contributed by atoms with Gasteiger partial charge < -0.3 is 17.7 Å². The van der Waals surface area contributed by atoms with Gasteiger partial charge in [0.05, 0.1) is 8.95 Å². The van der Waals surface area contributed by atoms with E-state index in [4.69, 9.17) is 17.7 Å². The summed E-state index contributed by atoms with van der Waals surface area (Å²) in [4.78, 5) is 26.7. The molecular weight excluding hydrogens is 856 g/mol. The fourth-order valence-corrected chi connectivity index (χ4v) is 10.4. The van der Waals surface area contributed by atoms with Crippen molar-refractivity contribution in [2.75, 3.05) is 0 Å². The lowest BCUT2D eigenvalue weighted by atomic mass is 9.95. The van der Waals surface area contributed by atoms with Gasteiger partial charge in [0.1, 0.15) is 44.7 Å². The van der Waals surface area contributed by atoms with Crippen molar-refractivity contribution in [1.82, 2.24) is 0 Å². The minimum absolute atomic E-state index is 0.0146. The van der Waals surface area contributed by atoms with Crippen LogP contribution in [0.2, 0.25) is 0 Å². The van der Waals surface area contributed by atoms with E-state index >= 15 is 0 Å². The van der Waals surface area contributed by atoms with E-state index < -0.39 is 0 Å². The molecule has 2 aliphatic rings. The van der Waals surface area contributed by atoms with Gasteiger partial charge in [-0.3, -0.25) is 9.59 Å². The lowest BCUT2D eigenvalue weighted by molar-refractivity contribution is 0.103. The predicted octanol–water partition coefficient (Wildman–Crippen LogP) is 14.9. The quantitative estimate of drug-likeness (QED) is 0.151. The Bertz CT molecular complexity index is 3620. The fraction of sp³-hybridized carbons (Fsp3) is 0. The Labute approximate surface area is 343 Å². The Morgan fingerprint density at radius 1 is 0.328 bits per heavy atom. The molecule has 0 atom stereocenters. The number of fused-ring (bicyclic) bond motifs is 22. The molecule has 0 spiro atoms. The summed E-state index contributed by atoms with van der Waals surface area (Å²) in [6.45, 7) is 0. The molecule has 0 saturated heterocycles. The number of para-hydroxylation sites is 4. The monoisotopic (exact) mass is 876 g/mol. The topological polar surface area (TPSA) is 86.7 Å². The first kappa shape index (κ1) is 32.4. The van der Waals surface area contributed by atoms with Gasteiger partial charge in [-0.2, -0.15) is 0 Å². The van der Waals surface area contributed by atoms with Crippen LogP contribution in [0.4, 0.5) is 0 Å². The fourth-order valence-electron chi connectivity index (χ4n) is 9.42. The molecule has 272 valence electrons. The average molecular weight is 879 g/mol. The first-order valence-electron chi connectivity index (χ1n) is 18.7. The molecule has 8 aromatic carbocycles. The molecule has 0 saturated carbocycles. The van der Waals surface area contributed by atoms with Crippen LogP contribution in [-0.4, -0.2) is 11.6 Å². The van der Waals surface area contributed by atoms with Crippen molar-refractivity contribution in [3.8, 4) is 22.3 Å². The Morgan fingerprint density at radius 2 is 0.655 bits per heavy atom. The second-order valence-corrected chi connectivity index (χ2v) is 16.5. The van der Waals surface area contributed by atoms with Crippen molar-refractivity contribution in [2.45, 2.75) is 0 Å². The van der Waals surface area contributed by atoms with Crippen LogP contribution in [0.25, 0.3) is 110 Å². The molecule has 0 radical (unpaired) electrons. The van der Waals surface area contributed by atoms with Gasteiger partial charge >= 0.3 is 0 Å². The lowest BCUT2D eigenvalue weighted by Gasteiger charge is -2.06. The molecule has 0 fully saturated rings. The van der Waals surface area contributed by atoms with E-state index in [0.29, 0.717) is 11.1 Å². The van der Waals surface area contributed by atoms with Crippen LogP contribution in [-0.2, 0) is 0 Å². The van der Waals surface area contributed by atoms with Crippen LogP contribution in [0.1, 0.15) is 31.8 Å². The summed E-state index contributed by atoms with van der Waals surface area (Å²) in [6.07, 6.45) is 0. The maximum Gasteiger partial charge on any atom is 0.194 e. The molecule has 12 aromatic rings.